The molecule has 0 radical (unpaired) electrons. The number of carbonyl (C=O) groups excluding carboxylic acids is 1. The second-order valence-corrected chi connectivity index (χ2v) is 10.9. The number of carbonyl (C=O) groups is 3. The first-order chi connectivity index (χ1) is 22.5. The van der Waals surface area contributed by atoms with Crippen molar-refractivity contribution in [3.63, 3.8) is 0 Å². The van der Waals surface area contributed by atoms with Gasteiger partial charge in [0.1, 0.15) is 5.82 Å². The lowest BCUT2D eigenvalue weighted by molar-refractivity contribution is -0.192. The van der Waals surface area contributed by atoms with Crippen molar-refractivity contribution < 1.29 is 50.9 Å². The number of fused-ring (bicyclic) bond motifs is 2. The summed E-state index contributed by atoms with van der Waals surface area (Å²) in [6.07, 6.45) is -0.157. The summed E-state index contributed by atoms with van der Waals surface area (Å²) in [5.41, 5.74) is 5.44. The molecule has 10 nitrogen and oxygen atoms in total. The molecule has 16 heteroatoms. The summed E-state index contributed by atoms with van der Waals surface area (Å²) in [7, 11) is 0. The molecule has 0 fully saturated rings. The van der Waals surface area contributed by atoms with E-state index in [4.69, 9.17) is 24.9 Å². The zero-order valence-electron chi connectivity index (χ0n) is 26.2. The summed E-state index contributed by atoms with van der Waals surface area (Å²) in [6, 6.07) is 20.4. The summed E-state index contributed by atoms with van der Waals surface area (Å²) in [5.74, 6) is -1.53. The minimum Gasteiger partial charge on any atom is -0.483 e. The lowest BCUT2D eigenvalue weighted by atomic mass is 9.80. The molecule has 0 unspecified atom stereocenters. The van der Waals surface area contributed by atoms with E-state index in [1.165, 1.54) is 16.7 Å². The number of carboxylic acid groups (broad SMARTS) is 2. The summed E-state index contributed by atoms with van der Waals surface area (Å²) in [5, 5.41) is 21.7. The highest BCUT2D eigenvalue weighted by Crippen LogP contribution is 2.34. The lowest BCUT2D eigenvalue weighted by Crippen LogP contribution is -2.26. The molecule has 4 aromatic rings. The number of hydrogen-bond acceptors (Lipinski definition) is 6. The van der Waals surface area contributed by atoms with Crippen molar-refractivity contribution in [1.82, 2.24) is 14.6 Å². The molecule has 3 N–H and O–H groups in total. The molecule has 2 aromatic carbocycles. The van der Waals surface area contributed by atoms with E-state index in [0.717, 1.165) is 38.2 Å². The monoisotopic (exact) mass is 683 g/mol. The highest BCUT2D eigenvalue weighted by Gasteiger charge is 2.38. The molecule has 3 heterocycles. The smallest absolute Gasteiger partial charge is 0.483 e. The highest BCUT2D eigenvalue weighted by molar-refractivity contribution is 6.03. The van der Waals surface area contributed by atoms with E-state index in [9.17, 15) is 31.1 Å². The predicted molar refractivity (Wildman–Crippen MR) is 166 cm³/mol. The molecule has 0 spiro atoms. The lowest BCUT2D eigenvalue weighted by Gasteiger charge is -2.25. The Bertz CT molecular complexity index is 1640. The molecule has 0 saturated carbocycles. The Morgan fingerprint density at radius 2 is 1.62 bits per heavy atom. The largest absolute Gasteiger partial charge is 0.490 e. The van der Waals surface area contributed by atoms with E-state index >= 15 is 0 Å². The molecular weight excluding hydrogens is 648 g/mol. The Labute approximate surface area is 272 Å². The highest BCUT2D eigenvalue weighted by atomic mass is 19.4. The van der Waals surface area contributed by atoms with Crippen molar-refractivity contribution in [2.24, 2.45) is 0 Å². The number of nitrogens with one attached hydrogen (secondary N) is 1. The molecule has 0 atom stereocenters. The average Bonchev–Trinajstić information content (AvgIpc) is 3.35. The number of aromatic nitrogens is 3. The van der Waals surface area contributed by atoms with Crippen molar-refractivity contribution in [1.29, 1.82) is 0 Å². The second kappa shape index (κ2) is 17.7. The molecule has 1 amide bonds. The molecule has 0 bridgehead atoms. The molecular formula is C32H35F6N5O5. The molecule has 260 valence electrons. The van der Waals surface area contributed by atoms with E-state index in [1.807, 2.05) is 36.4 Å². The van der Waals surface area contributed by atoms with Crippen LogP contribution in [0.15, 0.2) is 66.9 Å². The van der Waals surface area contributed by atoms with Gasteiger partial charge in [0.05, 0.1) is 6.20 Å². The molecule has 48 heavy (non-hydrogen) atoms. The number of alkyl halides is 6. The SMILES string of the molecule is CCCc1ccc(C(=O)Nc2cn3nc(N4CCC(C)(C)c5ccccc5C4)ccc3n2)cc1.FC(F)F.O=C(O)C(F)(F)F.O=CO. The first-order valence-electron chi connectivity index (χ1n) is 14.4. The number of nitrogens with zero attached hydrogens (tertiary/aromatic N) is 4. The Balaban J connectivity index is 0.000000486. The standard InChI is InChI=1S/C28H31N5O.C2HF3O2.CHF3.CH2O2/c1-4-7-20-10-12-21(13-11-20)27(34)30-24-19-33-25(29-24)14-15-26(31-33)32-17-16-28(2,3)23-9-6-5-8-22(23)18-32;3-2(4,5)1(6)7;2-1(3)4;2-1-3/h5-6,8-15,19H,4,7,16-18H2,1-3H3,(H,30,34);(H,6,7);1H;1H,(H,2,3). The second-order valence-electron chi connectivity index (χ2n) is 10.9. The molecule has 1 aliphatic heterocycles. The van der Waals surface area contributed by atoms with Gasteiger partial charge in [-0.1, -0.05) is 63.6 Å². The maximum absolute atomic E-state index is 12.7. The van der Waals surface area contributed by atoms with E-state index in [1.54, 1.807) is 10.7 Å². The van der Waals surface area contributed by atoms with Gasteiger partial charge in [-0.05, 0) is 59.2 Å². The number of rotatable bonds is 5. The van der Waals surface area contributed by atoms with Crippen molar-refractivity contribution >= 4 is 35.6 Å². The van der Waals surface area contributed by atoms with Gasteiger partial charge in [-0.25, -0.2) is 14.3 Å². The van der Waals surface area contributed by atoms with Crippen molar-refractivity contribution in [3.8, 4) is 0 Å². The number of anilines is 2. The number of hydrogen-bond donors (Lipinski definition) is 3. The fraction of sp³-hybridized carbons (Fsp3) is 0.344. The van der Waals surface area contributed by atoms with Crippen molar-refractivity contribution in [3.05, 3.63) is 89.1 Å². The van der Waals surface area contributed by atoms with E-state index in [2.05, 4.69) is 60.2 Å². The zero-order chi connectivity index (χ0) is 36.1. The number of benzene rings is 2. The van der Waals surface area contributed by atoms with Crippen molar-refractivity contribution in [2.75, 3.05) is 16.8 Å². The van der Waals surface area contributed by atoms with Crippen LogP contribution in [-0.4, -0.2) is 62.6 Å². The van der Waals surface area contributed by atoms with Gasteiger partial charge in [-0.2, -0.15) is 26.3 Å². The number of aliphatic carboxylic acids is 1. The number of halogens is 6. The van der Waals surface area contributed by atoms with Crippen LogP contribution in [0.3, 0.4) is 0 Å². The van der Waals surface area contributed by atoms with Crippen LogP contribution in [0.2, 0.25) is 0 Å². The van der Waals surface area contributed by atoms with Crippen LogP contribution < -0.4 is 10.2 Å². The Hall–Kier alpha value is -5.15. The topological polar surface area (TPSA) is 137 Å². The number of amides is 1. The predicted octanol–water partition coefficient (Wildman–Crippen LogP) is 7.13. The third-order valence-electron chi connectivity index (χ3n) is 6.98. The molecule has 2 aromatic heterocycles. The number of imidazole rings is 1. The normalized spacial score (nSPS) is 13.3. The van der Waals surface area contributed by atoms with E-state index in [-0.39, 0.29) is 17.8 Å². The first kappa shape index (κ1) is 39.0. The summed E-state index contributed by atoms with van der Waals surface area (Å²) in [4.78, 5) is 36.8. The van der Waals surface area contributed by atoms with Gasteiger partial charge in [0.2, 0.25) is 0 Å². The zero-order valence-corrected chi connectivity index (χ0v) is 26.2. The van der Waals surface area contributed by atoms with Gasteiger partial charge in [0, 0.05) is 18.7 Å². The summed E-state index contributed by atoms with van der Waals surface area (Å²) < 4.78 is 62.5. The van der Waals surface area contributed by atoms with Gasteiger partial charge >= 0.3 is 18.8 Å². The number of aryl methyl sites for hydroxylation is 1. The van der Waals surface area contributed by atoms with Crippen LogP contribution >= 0.6 is 0 Å². The Morgan fingerprint density at radius 3 is 2.19 bits per heavy atom. The van der Waals surface area contributed by atoms with Gasteiger partial charge in [-0.3, -0.25) is 9.59 Å². The van der Waals surface area contributed by atoms with Gasteiger partial charge in [0.25, 0.3) is 12.4 Å². The summed E-state index contributed by atoms with van der Waals surface area (Å²) >= 11 is 0. The molecule has 0 aliphatic carbocycles. The maximum atomic E-state index is 12.7. The van der Waals surface area contributed by atoms with Gasteiger partial charge in [0.15, 0.2) is 11.5 Å². The molecule has 1 aliphatic rings. The van der Waals surface area contributed by atoms with Crippen LogP contribution in [0, 0.1) is 0 Å². The minimum atomic E-state index is -5.08. The van der Waals surface area contributed by atoms with Gasteiger partial charge in [-0.15, -0.1) is 5.10 Å². The number of carboxylic acids is 1. The van der Waals surface area contributed by atoms with Crippen LogP contribution in [-0.2, 0) is 28.0 Å². The fourth-order valence-electron chi connectivity index (χ4n) is 4.75. The van der Waals surface area contributed by atoms with Crippen molar-refractivity contribution in [2.45, 2.75) is 64.8 Å². The minimum absolute atomic E-state index is 0.122. The van der Waals surface area contributed by atoms with Crippen LogP contribution in [0.1, 0.15) is 60.7 Å². The third-order valence-corrected chi connectivity index (χ3v) is 6.98. The van der Waals surface area contributed by atoms with Crippen LogP contribution in [0.5, 0.6) is 0 Å². The van der Waals surface area contributed by atoms with Crippen LogP contribution in [0.4, 0.5) is 38.0 Å². The Kier molecular flexibility index (Phi) is 14.4. The van der Waals surface area contributed by atoms with E-state index < -0.39 is 18.8 Å². The van der Waals surface area contributed by atoms with Crippen LogP contribution in [0.25, 0.3) is 5.65 Å². The Morgan fingerprint density at radius 1 is 1.04 bits per heavy atom. The quantitative estimate of drug-likeness (QED) is 0.149. The fourth-order valence-corrected chi connectivity index (χ4v) is 4.75. The molecule has 0 saturated heterocycles. The first-order valence-corrected chi connectivity index (χ1v) is 14.4. The third kappa shape index (κ3) is 11.9. The van der Waals surface area contributed by atoms with E-state index in [0.29, 0.717) is 17.0 Å². The summed E-state index contributed by atoms with van der Waals surface area (Å²) in [6.45, 7) is 4.61. The van der Waals surface area contributed by atoms with Gasteiger partial charge < -0.3 is 20.4 Å². The average molecular weight is 684 g/mol. The maximum Gasteiger partial charge on any atom is 0.490 e. The molecule has 5 rings (SSSR count).